The van der Waals surface area contributed by atoms with E-state index >= 15 is 0 Å². The van der Waals surface area contributed by atoms with E-state index in [-0.39, 0.29) is 13.5 Å². The lowest BCUT2D eigenvalue weighted by Crippen LogP contribution is -2.51. The molecule has 0 heterocycles. The number of carbonyl (C=O) groups excluding carboxylic acids is 1. The standard InChI is InChI=1S/C30H46O2.C2H6.CH4/c1-7-28(31)32-23-15-17-29(5)22(19-23)11-12-24-26-14-13-25(21(4)10-8-9-20(2)3)30(26,6)18-16-27(24)29;1-2;/h1,11,20-21,23-27H,8-10,12-19H2,2-6H3;1-2H3;1H4/t21-,23?,24?,25?,26?,27?,29?,30?;;/m1../s1. The molecule has 200 valence electrons. The largest absolute Gasteiger partial charge is 0.452 e. The van der Waals surface area contributed by atoms with Crippen molar-refractivity contribution in [3.63, 3.8) is 0 Å². The Bertz CT molecular complexity index is 772. The first-order valence-electron chi connectivity index (χ1n) is 14.6. The molecule has 2 nitrogen and oxygen atoms in total. The van der Waals surface area contributed by atoms with Crippen molar-refractivity contribution < 1.29 is 9.53 Å². The Morgan fingerprint density at radius 3 is 2.46 bits per heavy atom. The first kappa shape index (κ1) is 30.0. The molecule has 3 fully saturated rings. The van der Waals surface area contributed by atoms with E-state index in [2.05, 4.69) is 46.6 Å². The van der Waals surface area contributed by atoms with E-state index in [4.69, 9.17) is 11.2 Å². The first-order chi connectivity index (χ1) is 16.2. The van der Waals surface area contributed by atoms with Gasteiger partial charge in [-0.05, 0) is 91.3 Å². The van der Waals surface area contributed by atoms with Crippen LogP contribution >= 0.6 is 0 Å². The SMILES string of the molecule is C.C#CC(=O)OC1CCC2(C)C(=CCC3C2CCC2(C)C3CCC2[C@H](C)CCCC(C)C)C1.CC. The zero-order chi connectivity index (χ0) is 25.1. The van der Waals surface area contributed by atoms with Crippen LogP contribution < -0.4 is 0 Å². The van der Waals surface area contributed by atoms with Crippen LogP contribution in [0.1, 0.15) is 127 Å². The number of ether oxygens (including phenoxy) is 1. The van der Waals surface area contributed by atoms with Gasteiger partial charge in [-0.25, -0.2) is 4.79 Å². The molecule has 8 atom stereocenters. The minimum atomic E-state index is -0.499. The summed E-state index contributed by atoms with van der Waals surface area (Å²) in [6.07, 6.45) is 21.9. The average Bonchev–Trinajstić information content (AvgIpc) is 3.17. The summed E-state index contributed by atoms with van der Waals surface area (Å²) in [5, 5.41) is 0. The average molecular weight is 485 g/mol. The van der Waals surface area contributed by atoms with Gasteiger partial charge in [0.05, 0.1) is 0 Å². The molecule has 4 aliphatic carbocycles. The molecule has 4 aliphatic rings. The van der Waals surface area contributed by atoms with Crippen molar-refractivity contribution in [2.45, 2.75) is 133 Å². The lowest BCUT2D eigenvalue weighted by atomic mass is 9.47. The number of terminal acetylenes is 1. The van der Waals surface area contributed by atoms with Crippen molar-refractivity contribution >= 4 is 5.97 Å². The summed E-state index contributed by atoms with van der Waals surface area (Å²) in [5.74, 6) is 6.78. The highest BCUT2D eigenvalue weighted by molar-refractivity contribution is 5.87. The summed E-state index contributed by atoms with van der Waals surface area (Å²) in [6.45, 7) is 16.5. The predicted octanol–water partition coefficient (Wildman–Crippen LogP) is 9.24. The molecule has 0 bridgehead atoms. The van der Waals surface area contributed by atoms with E-state index in [1.54, 1.807) is 5.57 Å². The van der Waals surface area contributed by atoms with Crippen LogP contribution in [0.25, 0.3) is 0 Å². The minimum absolute atomic E-state index is 0. The van der Waals surface area contributed by atoms with Gasteiger partial charge < -0.3 is 4.74 Å². The molecule has 35 heavy (non-hydrogen) atoms. The maximum atomic E-state index is 11.6. The van der Waals surface area contributed by atoms with E-state index in [9.17, 15) is 4.79 Å². The molecule has 0 aromatic heterocycles. The Balaban J connectivity index is 0.00000140. The Morgan fingerprint density at radius 2 is 1.80 bits per heavy atom. The third kappa shape index (κ3) is 5.86. The second-order valence-corrected chi connectivity index (χ2v) is 12.7. The van der Waals surface area contributed by atoms with Crippen molar-refractivity contribution in [3.8, 4) is 12.3 Å². The van der Waals surface area contributed by atoms with E-state index in [0.29, 0.717) is 10.8 Å². The van der Waals surface area contributed by atoms with Gasteiger partial charge in [0.25, 0.3) is 0 Å². The van der Waals surface area contributed by atoms with Gasteiger partial charge in [-0.1, -0.05) is 86.8 Å². The van der Waals surface area contributed by atoms with Gasteiger partial charge >= 0.3 is 5.97 Å². The van der Waals surface area contributed by atoms with Gasteiger partial charge in [-0.15, -0.1) is 6.42 Å². The third-order valence-electron chi connectivity index (χ3n) is 10.7. The monoisotopic (exact) mass is 484 g/mol. The zero-order valence-corrected chi connectivity index (χ0v) is 23.3. The molecule has 3 saturated carbocycles. The minimum Gasteiger partial charge on any atom is -0.452 e. The molecule has 0 aliphatic heterocycles. The highest BCUT2D eigenvalue weighted by atomic mass is 16.5. The predicted molar refractivity (Wildman–Crippen MR) is 150 cm³/mol. The molecule has 7 unspecified atom stereocenters. The van der Waals surface area contributed by atoms with Crippen molar-refractivity contribution in [1.29, 1.82) is 0 Å². The van der Waals surface area contributed by atoms with E-state index < -0.39 is 5.97 Å². The van der Waals surface area contributed by atoms with Crippen LogP contribution in [0.2, 0.25) is 0 Å². The molecule has 0 aromatic rings. The number of hydrogen-bond donors (Lipinski definition) is 0. The Labute approximate surface area is 218 Å². The molecule has 2 heteroatoms. The van der Waals surface area contributed by atoms with Crippen LogP contribution in [-0.2, 0) is 9.53 Å². The van der Waals surface area contributed by atoms with Crippen molar-refractivity contribution in [1.82, 2.24) is 0 Å². The molecule has 0 radical (unpaired) electrons. The normalized spacial score (nSPS) is 38.3. The van der Waals surface area contributed by atoms with Crippen LogP contribution in [0.15, 0.2) is 11.6 Å². The fraction of sp³-hybridized carbons (Fsp3) is 0.848. The van der Waals surface area contributed by atoms with Crippen molar-refractivity contribution in [2.75, 3.05) is 0 Å². The van der Waals surface area contributed by atoms with Crippen LogP contribution in [-0.4, -0.2) is 12.1 Å². The molecule has 4 rings (SSSR count). The second kappa shape index (κ2) is 12.3. The highest BCUT2D eigenvalue weighted by Crippen LogP contribution is 2.67. The second-order valence-electron chi connectivity index (χ2n) is 12.7. The molecule has 0 amide bonds. The molecule has 0 spiro atoms. The maximum absolute atomic E-state index is 11.6. The number of rotatable bonds is 6. The van der Waals surface area contributed by atoms with E-state index in [0.717, 1.165) is 54.8 Å². The molecule has 0 N–H and O–H groups in total. The molecular weight excluding hydrogens is 428 g/mol. The quantitative estimate of drug-likeness (QED) is 0.162. The number of allylic oxidation sites excluding steroid dienone is 1. The van der Waals surface area contributed by atoms with Crippen LogP contribution in [0, 0.1) is 58.7 Å². The summed E-state index contributed by atoms with van der Waals surface area (Å²) < 4.78 is 5.53. The summed E-state index contributed by atoms with van der Waals surface area (Å²) in [6, 6.07) is 0. The van der Waals surface area contributed by atoms with Crippen LogP contribution in [0.3, 0.4) is 0 Å². The topological polar surface area (TPSA) is 26.3 Å². The van der Waals surface area contributed by atoms with Crippen LogP contribution in [0.5, 0.6) is 0 Å². The highest BCUT2D eigenvalue weighted by Gasteiger charge is 2.59. The van der Waals surface area contributed by atoms with Gasteiger partial charge in [0.2, 0.25) is 0 Å². The van der Waals surface area contributed by atoms with Gasteiger partial charge in [-0.2, -0.15) is 0 Å². The van der Waals surface area contributed by atoms with E-state index in [1.807, 2.05) is 13.8 Å². The lowest BCUT2D eigenvalue weighted by molar-refractivity contribution is -0.144. The molecular formula is C33H56O2. The number of carbonyl (C=O) groups is 1. The smallest absolute Gasteiger partial charge is 0.384 e. The Morgan fingerprint density at radius 1 is 1.09 bits per heavy atom. The van der Waals surface area contributed by atoms with Gasteiger partial charge in [0, 0.05) is 12.3 Å². The summed E-state index contributed by atoms with van der Waals surface area (Å²) >= 11 is 0. The fourth-order valence-corrected chi connectivity index (χ4v) is 8.94. The lowest BCUT2D eigenvalue weighted by Gasteiger charge is -2.58. The molecule has 0 saturated heterocycles. The molecule has 0 aromatic carbocycles. The number of fused-ring (bicyclic) bond motifs is 5. The first-order valence-corrected chi connectivity index (χ1v) is 14.6. The van der Waals surface area contributed by atoms with Crippen molar-refractivity contribution in [2.24, 2.45) is 46.3 Å². The Hall–Kier alpha value is -1.23. The number of hydrogen-bond acceptors (Lipinski definition) is 2. The fourth-order valence-electron chi connectivity index (χ4n) is 8.94. The summed E-state index contributed by atoms with van der Waals surface area (Å²) in [4.78, 5) is 11.6. The van der Waals surface area contributed by atoms with Crippen LogP contribution in [0.4, 0.5) is 0 Å². The van der Waals surface area contributed by atoms with Crippen molar-refractivity contribution in [3.05, 3.63) is 11.6 Å². The third-order valence-corrected chi connectivity index (χ3v) is 10.7. The van der Waals surface area contributed by atoms with Gasteiger partial charge in [0.1, 0.15) is 6.10 Å². The number of esters is 1. The van der Waals surface area contributed by atoms with Gasteiger partial charge in [0.15, 0.2) is 0 Å². The van der Waals surface area contributed by atoms with Gasteiger partial charge in [-0.3, -0.25) is 0 Å². The summed E-state index contributed by atoms with van der Waals surface area (Å²) in [7, 11) is 0. The maximum Gasteiger partial charge on any atom is 0.384 e. The summed E-state index contributed by atoms with van der Waals surface area (Å²) in [5.41, 5.74) is 2.39. The van der Waals surface area contributed by atoms with E-state index in [1.165, 1.54) is 51.4 Å². The zero-order valence-electron chi connectivity index (χ0n) is 23.3. The Kier molecular flexibility index (Phi) is 10.6.